The predicted molar refractivity (Wildman–Crippen MR) is 72.7 cm³/mol. The number of hydrogen-bond donors (Lipinski definition) is 0. The van der Waals surface area contributed by atoms with Gasteiger partial charge in [0.1, 0.15) is 0 Å². The lowest BCUT2D eigenvalue weighted by Gasteiger charge is -2.27. The molecule has 0 aliphatic heterocycles. The molecule has 1 heteroatoms. The average Bonchev–Trinajstić information content (AvgIpc) is 2.19. The molecule has 1 rings (SSSR count). The van der Waals surface area contributed by atoms with E-state index in [1.165, 1.54) is 32.1 Å². The van der Waals surface area contributed by atoms with Gasteiger partial charge in [0.2, 0.25) is 0 Å². The van der Waals surface area contributed by atoms with E-state index in [2.05, 4.69) is 54.7 Å². The van der Waals surface area contributed by atoms with Crippen LogP contribution < -0.4 is 0 Å². The Morgan fingerprint density at radius 1 is 1.64 bits per heavy atom. The Bertz CT molecular complexity index is 215. The maximum absolute atomic E-state index is 2.50. The molecule has 1 aliphatic rings. The van der Waals surface area contributed by atoms with E-state index in [1.54, 1.807) is 3.58 Å². The van der Waals surface area contributed by atoms with E-state index >= 15 is 0 Å². The zero-order valence-electron chi connectivity index (χ0n) is 9.30. The maximum Gasteiger partial charge on any atom is -0.0131 e. The Hall–Kier alpha value is 0.210. The van der Waals surface area contributed by atoms with Crippen LogP contribution in [0.3, 0.4) is 0 Å². The summed E-state index contributed by atoms with van der Waals surface area (Å²) >= 11 is 2.50. The van der Waals surface area contributed by atoms with Crippen LogP contribution in [-0.4, -0.2) is 0 Å². The van der Waals surface area contributed by atoms with E-state index in [-0.39, 0.29) is 0 Å². The van der Waals surface area contributed by atoms with Crippen molar-refractivity contribution in [3.63, 3.8) is 0 Å². The average molecular weight is 304 g/mol. The molecule has 1 aliphatic carbocycles. The Morgan fingerprint density at radius 2 is 2.43 bits per heavy atom. The molecule has 0 bridgehead atoms. The molecule has 2 atom stereocenters. The van der Waals surface area contributed by atoms with Gasteiger partial charge in [-0.15, -0.1) is 0 Å². The van der Waals surface area contributed by atoms with Gasteiger partial charge in [0.15, 0.2) is 0 Å². The summed E-state index contributed by atoms with van der Waals surface area (Å²) in [5, 5.41) is 0. The van der Waals surface area contributed by atoms with Gasteiger partial charge in [-0.2, -0.15) is 0 Å². The number of hydrogen-bond acceptors (Lipinski definition) is 0. The summed E-state index contributed by atoms with van der Waals surface area (Å²) in [7, 11) is 0. The van der Waals surface area contributed by atoms with Crippen LogP contribution in [0.1, 0.15) is 46.0 Å². The highest BCUT2D eigenvalue weighted by atomic mass is 127. The normalized spacial score (nSPS) is 25.1. The Morgan fingerprint density at radius 3 is 3.00 bits per heavy atom. The second kappa shape index (κ2) is 6.65. The first-order chi connectivity index (χ1) is 6.77. The van der Waals surface area contributed by atoms with Gasteiger partial charge < -0.3 is 0 Å². The summed E-state index contributed by atoms with van der Waals surface area (Å²) < 4.78 is 1.58. The molecular formula is C13H21I. The molecule has 2 unspecified atom stereocenters. The summed E-state index contributed by atoms with van der Waals surface area (Å²) in [6.07, 6.45) is 13.6. The van der Waals surface area contributed by atoms with Crippen molar-refractivity contribution in [2.24, 2.45) is 11.8 Å². The van der Waals surface area contributed by atoms with Crippen molar-refractivity contribution >= 4 is 22.6 Å². The molecule has 0 saturated heterocycles. The quantitative estimate of drug-likeness (QED) is 0.501. The molecule has 14 heavy (non-hydrogen) atoms. The SMILES string of the molecule is C/C=C\CC(CC)C1CCC=C(I)C1. The lowest BCUT2D eigenvalue weighted by molar-refractivity contribution is 0.301. The predicted octanol–water partition coefficient (Wildman–Crippen LogP) is 5.10. The maximum atomic E-state index is 2.50. The molecule has 0 N–H and O–H groups in total. The van der Waals surface area contributed by atoms with Crippen LogP contribution in [0, 0.1) is 11.8 Å². The third-order valence-corrected chi connectivity index (χ3v) is 4.11. The first kappa shape index (κ1) is 12.3. The molecule has 0 saturated carbocycles. The van der Waals surface area contributed by atoms with E-state index in [9.17, 15) is 0 Å². The molecule has 0 nitrogen and oxygen atoms in total. The van der Waals surface area contributed by atoms with Crippen molar-refractivity contribution in [2.45, 2.75) is 46.0 Å². The molecule has 0 aromatic rings. The zero-order valence-corrected chi connectivity index (χ0v) is 11.5. The first-order valence-corrected chi connectivity index (χ1v) is 6.81. The lowest BCUT2D eigenvalue weighted by atomic mass is 9.80. The second-order valence-electron chi connectivity index (χ2n) is 4.17. The summed E-state index contributed by atoms with van der Waals surface area (Å²) in [6.45, 7) is 4.45. The van der Waals surface area contributed by atoms with Crippen molar-refractivity contribution < 1.29 is 0 Å². The molecule has 80 valence electrons. The standard InChI is InChI=1S/C13H21I/c1-3-5-7-11(4-2)12-8-6-9-13(14)10-12/h3,5,9,11-12H,4,6-8,10H2,1-2H3/b5-3-. The summed E-state index contributed by atoms with van der Waals surface area (Å²) in [4.78, 5) is 0. The van der Waals surface area contributed by atoms with Crippen molar-refractivity contribution in [3.05, 3.63) is 21.8 Å². The molecule has 0 spiro atoms. The van der Waals surface area contributed by atoms with Crippen LogP contribution in [0.15, 0.2) is 21.8 Å². The van der Waals surface area contributed by atoms with Gasteiger partial charge >= 0.3 is 0 Å². The smallest absolute Gasteiger partial charge is 0.0131 e. The van der Waals surface area contributed by atoms with Crippen molar-refractivity contribution in [1.82, 2.24) is 0 Å². The summed E-state index contributed by atoms with van der Waals surface area (Å²) in [6, 6.07) is 0. The van der Waals surface area contributed by atoms with E-state index in [0.29, 0.717) is 0 Å². The minimum Gasteiger partial charge on any atom is -0.0917 e. The molecule has 0 amide bonds. The molecular weight excluding hydrogens is 283 g/mol. The summed E-state index contributed by atoms with van der Waals surface area (Å²) in [5.74, 6) is 1.85. The number of allylic oxidation sites excluding steroid dienone is 4. The fourth-order valence-corrected chi connectivity index (χ4v) is 3.17. The van der Waals surface area contributed by atoms with Gasteiger partial charge in [0, 0.05) is 0 Å². The second-order valence-corrected chi connectivity index (χ2v) is 5.55. The zero-order chi connectivity index (χ0) is 10.4. The van der Waals surface area contributed by atoms with Gasteiger partial charge in [0.05, 0.1) is 0 Å². The van der Waals surface area contributed by atoms with Gasteiger partial charge in [-0.25, -0.2) is 0 Å². The molecule has 0 aromatic carbocycles. The minimum atomic E-state index is 0.907. The topological polar surface area (TPSA) is 0 Å². The Balaban J connectivity index is 2.48. The Kier molecular flexibility index (Phi) is 5.83. The van der Waals surface area contributed by atoms with E-state index in [0.717, 1.165) is 11.8 Å². The fourth-order valence-electron chi connectivity index (χ4n) is 2.30. The first-order valence-electron chi connectivity index (χ1n) is 5.73. The van der Waals surface area contributed by atoms with Crippen LogP contribution >= 0.6 is 22.6 Å². The monoisotopic (exact) mass is 304 g/mol. The summed E-state index contributed by atoms with van der Waals surface area (Å²) in [5.41, 5.74) is 0. The highest BCUT2D eigenvalue weighted by Crippen LogP contribution is 2.35. The third-order valence-electron chi connectivity index (χ3n) is 3.23. The van der Waals surface area contributed by atoms with Crippen LogP contribution in [0.4, 0.5) is 0 Å². The van der Waals surface area contributed by atoms with Crippen molar-refractivity contribution in [2.75, 3.05) is 0 Å². The van der Waals surface area contributed by atoms with Crippen LogP contribution in [0.2, 0.25) is 0 Å². The van der Waals surface area contributed by atoms with Crippen LogP contribution in [0.5, 0.6) is 0 Å². The fraction of sp³-hybridized carbons (Fsp3) is 0.692. The number of rotatable bonds is 4. The minimum absolute atomic E-state index is 0.907. The van der Waals surface area contributed by atoms with E-state index < -0.39 is 0 Å². The largest absolute Gasteiger partial charge is 0.0917 e. The Labute approximate surface area is 102 Å². The van der Waals surface area contributed by atoms with E-state index in [4.69, 9.17) is 0 Å². The molecule has 0 heterocycles. The van der Waals surface area contributed by atoms with Gasteiger partial charge in [-0.3, -0.25) is 0 Å². The molecule has 0 fully saturated rings. The van der Waals surface area contributed by atoms with Gasteiger partial charge in [0.25, 0.3) is 0 Å². The van der Waals surface area contributed by atoms with Crippen LogP contribution in [0.25, 0.3) is 0 Å². The van der Waals surface area contributed by atoms with Gasteiger partial charge in [-0.1, -0.05) is 31.6 Å². The molecule has 0 aromatic heterocycles. The van der Waals surface area contributed by atoms with Crippen molar-refractivity contribution in [3.8, 4) is 0 Å². The highest BCUT2D eigenvalue weighted by Gasteiger charge is 2.21. The lowest BCUT2D eigenvalue weighted by Crippen LogP contribution is -2.16. The van der Waals surface area contributed by atoms with Gasteiger partial charge in [-0.05, 0) is 70.6 Å². The highest BCUT2D eigenvalue weighted by molar-refractivity contribution is 14.1. The van der Waals surface area contributed by atoms with Crippen LogP contribution in [-0.2, 0) is 0 Å². The molecule has 0 radical (unpaired) electrons. The number of halogens is 1. The van der Waals surface area contributed by atoms with E-state index in [1.807, 2.05) is 0 Å². The third kappa shape index (κ3) is 3.76. The van der Waals surface area contributed by atoms with Crippen molar-refractivity contribution in [1.29, 1.82) is 0 Å².